The molecule has 1 aromatic carbocycles. The Bertz CT molecular complexity index is 526. The van der Waals surface area contributed by atoms with Gasteiger partial charge in [-0.15, -0.1) is 0 Å². The number of aromatic amines is 1. The Hall–Kier alpha value is -1.38. The van der Waals surface area contributed by atoms with Crippen LogP contribution in [-0.4, -0.2) is 9.97 Å². The molecule has 0 bridgehead atoms. The first kappa shape index (κ1) is 11.7. The summed E-state index contributed by atoms with van der Waals surface area (Å²) in [6.45, 7) is 0. The zero-order valence-electron chi connectivity index (χ0n) is 10.6. The lowest BCUT2D eigenvalue weighted by atomic mass is 9.86. The molecule has 3 heteroatoms. The largest absolute Gasteiger partial charge is 0.342 e. The van der Waals surface area contributed by atoms with Crippen LogP contribution < -0.4 is 0 Å². The van der Waals surface area contributed by atoms with E-state index in [-0.39, 0.29) is 5.82 Å². The zero-order chi connectivity index (χ0) is 12.4. The summed E-state index contributed by atoms with van der Waals surface area (Å²) in [6, 6.07) is 5.07. The van der Waals surface area contributed by atoms with Crippen molar-refractivity contribution in [3.8, 4) is 0 Å². The van der Waals surface area contributed by atoms with Crippen LogP contribution >= 0.6 is 0 Å². The third-order valence-electron chi connectivity index (χ3n) is 4.03. The predicted octanol–water partition coefficient (Wildman–Crippen LogP) is 4.21. The summed E-state index contributed by atoms with van der Waals surface area (Å²) >= 11 is 0. The molecule has 3 rings (SSSR count). The number of nitrogens with one attached hydrogen (secondary N) is 1. The summed E-state index contributed by atoms with van der Waals surface area (Å²) in [6.07, 6.45) is 8.98. The van der Waals surface area contributed by atoms with E-state index in [1.54, 1.807) is 6.07 Å². The summed E-state index contributed by atoms with van der Waals surface area (Å²) < 4.78 is 13.5. The van der Waals surface area contributed by atoms with Gasteiger partial charge < -0.3 is 4.98 Å². The number of nitrogens with zero attached hydrogens (tertiary/aromatic N) is 1. The Morgan fingerprint density at radius 3 is 2.83 bits per heavy atom. The van der Waals surface area contributed by atoms with Crippen LogP contribution in [0.2, 0.25) is 0 Å². The van der Waals surface area contributed by atoms with Gasteiger partial charge >= 0.3 is 0 Å². The molecule has 1 aliphatic carbocycles. The monoisotopic (exact) mass is 246 g/mol. The highest BCUT2D eigenvalue weighted by atomic mass is 19.1. The molecule has 0 radical (unpaired) electrons. The average molecular weight is 246 g/mol. The van der Waals surface area contributed by atoms with Crippen LogP contribution in [0.1, 0.15) is 44.3 Å². The van der Waals surface area contributed by atoms with Crippen molar-refractivity contribution in [1.29, 1.82) is 0 Å². The molecule has 0 unspecified atom stereocenters. The Morgan fingerprint density at radius 2 is 2.06 bits per heavy atom. The zero-order valence-corrected chi connectivity index (χ0v) is 10.6. The van der Waals surface area contributed by atoms with E-state index in [0.29, 0.717) is 5.52 Å². The molecule has 18 heavy (non-hydrogen) atoms. The number of para-hydroxylation sites is 1. The fourth-order valence-electron chi connectivity index (χ4n) is 2.98. The molecule has 1 saturated carbocycles. The molecular weight excluding hydrogens is 227 g/mol. The Kier molecular flexibility index (Phi) is 3.31. The number of H-pyrrole nitrogens is 1. The van der Waals surface area contributed by atoms with Crippen LogP contribution in [0.25, 0.3) is 11.0 Å². The molecule has 1 aromatic heterocycles. The smallest absolute Gasteiger partial charge is 0.151 e. The third kappa shape index (κ3) is 2.40. The maximum Gasteiger partial charge on any atom is 0.151 e. The number of rotatable bonds is 3. The Morgan fingerprint density at radius 1 is 1.22 bits per heavy atom. The first-order chi connectivity index (χ1) is 8.83. The summed E-state index contributed by atoms with van der Waals surface area (Å²) in [5.74, 6) is 1.55. The highest BCUT2D eigenvalue weighted by Gasteiger charge is 2.14. The number of fused-ring (bicyclic) bond motifs is 1. The van der Waals surface area contributed by atoms with Crippen molar-refractivity contribution < 1.29 is 4.39 Å². The molecule has 2 aromatic rings. The molecule has 0 saturated heterocycles. The van der Waals surface area contributed by atoms with E-state index in [4.69, 9.17) is 0 Å². The molecule has 0 atom stereocenters. The van der Waals surface area contributed by atoms with Crippen molar-refractivity contribution in [2.24, 2.45) is 5.92 Å². The predicted molar refractivity (Wildman–Crippen MR) is 70.9 cm³/mol. The quantitative estimate of drug-likeness (QED) is 0.863. The van der Waals surface area contributed by atoms with Crippen molar-refractivity contribution in [2.75, 3.05) is 0 Å². The lowest BCUT2D eigenvalue weighted by molar-refractivity contribution is 0.337. The molecule has 96 valence electrons. The second-order valence-corrected chi connectivity index (χ2v) is 5.36. The van der Waals surface area contributed by atoms with Crippen LogP contribution in [0.15, 0.2) is 18.2 Å². The number of benzene rings is 1. The number of halogens is 1. The van der Waals surface area contributed by atoms with E-state index in [0.717, 1.165) is 23.7 Å². The van der Waals surface area contributed by atoms with Gasteiger partial charge in [0.2, 0.25) is 0 Å². The van der Waals surface area contributed by atoms with Gasteiger partial charge in [0, 0.05) is 6.42 Å². The first-order valence-electron chi connectivity index (χ1n) is 6.96. The maximum atomic E-state index is 13.5. The van der Waals surface area contributed by atoms with E-state index in [1.165, 1.54) is 44.6 Å². The van der Waals surface area contributed by atoms with E-state index < -0.39 is 0 Å². The summed E-state index contributed by atoms with van der Waals surface area (Å²) in [4.78, 5) is 7.59. The van der Waals surface area contributed by atoms with Gasteiger partial charge in [0.05, 0.1) is 5.52 Å². The second-order valence-electron chi connectivity index (χ2n) is 5.36. The fraction of sp³-hybridized carbons (Fsp3) is 0.533. The molecule has 0 amide bonds. The van der Waals surface area contributed by atoms with Crippen molar-refractivity contribution in [2.45, 2.75) is 44.9 Å². The van der Waals surface area contributed by atoms with E-state index in [1.807, 2.05) is 6.07 Å². The van der Waals surface area contributed by atoms with Gasteiger partial charge in [-0.1, -0.05) is 38.2 Å². The molecule has 1 aliphatic rings. The number of hydrogen-bond donors (Lipinski definition) is 1. The normalized spacial score (nSPS) is 17.4. The van der Waals surface area contributed by atoms with E-state index in [9.17, 15) is 4.39 Å². The Balaban J connectivity index is 1.69. The van der Waals surface area contributed by atoms with Gasteiger partial charge in [0.25, 0.3) is 0 Å². The summed E-state index contributed by atoms with van der Waals surface area (Å²) in [5, 5.41) is 0. The van der Waals surface area contributed by atoms with Crippen LogP contribution in [0.4, 0.5) is 4.39 Å². The minimum absolute atomic E-state index is 0.229. The standard InChI is InChI=1S/C15H19FN2/c16-12-7-4-8-13-15(12)18-14(17-13)10-9-11-5-2-1-3-6-11/h4,7-8,11H,1-3,5-6,9-10H2,(H,17,18). The van der Waals surface area contributed by atoms with Crippen LogP contribution in [0, 0.1) is 11.7 Å². The summed E-state index contributed by atoms with van der Waals surface area (Å²) in [5.41, 5.74) is 1.30. The molecule has 1 fully saturated rings. The lowest BCUT2D eigenvalue weighted by Crippen LogP contribution is -2.07. The van der Waals surface area contributed by atoms with Crippen molar-refractivity contribution in [1.82, 2.24) is 9.97 Å². The number of hydrogen-bond acceptors (Lipinski definition) is 1. The van der Waals surface area contributed by atoms with Crippen LogP contribution in [0.5, 0.6) is 0 Å². The minimum Gasteiger partial charge on any atom is -0.342 e. The minimum atomic E-state index is -0.229. The maximum absolute atomic E-state index is 13.5. The lowest BCUT2D eigenvalue weighted by Gasteiger charge is -2.20. The van der Waals surface area contributed by atoms with Crippen molar-refractivity contribution >= 4 is 11.0 Å². The SMILES string of the molecule is Fc1cccc2[nH]c(CCC3CCCCC3)nc12. The molecule has 0 spiro atoms. The molecule has 1 heterocycles. The molecule has 2 nitrogen and oxygen atoms in total. The van der Waals surface area contributed by atoms with Crippen LogP contribution in [0.3, 0.4) is 0 Å². The highest BCUT2D eigenvalue weighted by Crippen LogP contribution is 2.27. The molecular formula is C15H19FN2. The number of imidazole rings is 1. The van der Waals surface area contributed by atoms with Crippen molar-refractivity contribution in [3.05, 3.63) is 29.8 Å². The Labute approximate surface area is 107 Å². The van der Waals surface area contributed by atoms with Gasteiger partial charge in [-0.3, -0.25) is 0 Å². The van der Waals surface area contributed by atoms with E-state index >= 15 is 0 Å². The number of aryl methyl sites for hydroxylation is 1. The second kappa shape index (κ2) is 5.09. The van der Waals surface area contributed by atoms with Gasteiger partial charge in [0.15, 0.2) is 5.82 Å². The van der Waals surface area contributed by atoms with Gasteiger partial charge in [-0.2, -0.15) is 0 Å². The average Bonchev–Trinajstić information content (AvgIpc) is 2.82. The first-order valence-corrected chi connectivity index (χ1v) is 6.96. The van der Waals surface area contributed by atoms with Crippen molar-refractivity contribution in [3.63, 3.8) is 0 Å². The highest BCUT2D eigenvalue weighted by molar-refractivity contribution is 5.75. The van der Waals surface area contributed by atoms with Gasteiger partial charge in [-0.05, 0) is 24.5 Å². The van der Waals surface area contributed by atoms with E-state index in [2.05, 4.69) is 9.97 Å². The topological polar surface area (TPSA) is 28.7 Å². The summed E-state index contributed by atoms with van der Waals surface area (Å²) in [7, 11) is 0. The molecule has 0 aliphatic heterocycles. The number of aromatic nitrogens is 2. The van der Waals surface area contributed by atoms with Gasteiger partial charge in [0.1, 0.15) is 11.3 Å². The fourth-order valence-corrected chi connectivity index (χ4v) is 2.98. The third-order valence-corrected chi connectivity index (χ3v) is 4.03. The molecule has 1 N–H and O–H groups in total. The van der Waals surface area contributed by atoms with Crippen LogP contribution in [-0.2, 0) is 6.42 Å². The van der Waals surface area contributed by atoms with Gasteiger partial charge in [-0.25, -0.2) is 9.37 Å².